The second kappa shape index (κ2) is 4.85. The number of nitrogens with zero attached hydrogens (tertiary/aromatic N) is 6. The molecule has 0 saturated carbocycles. The molecule has 0 spiro atoms. The Kier molecular flexibility index (Phi) is 2.89. The van der Waals surface area contributed by atoms with Crippen LogP contribution in [-0.4, -0.2) is 30.4 Å². The number of hydrogen-bond acceptors (Lipinski definition) is 6. The Morgan fingerprint density at radius 3 is 1.95 bits per heavy atom. The molecule has 3 heterocycles. The van der Waals surface area contributed by atoms with E-state index in [9.17, 15) is 0 Å². The van der Waals surface area contributed by atoms with E-state index in [1.165, 1.54) is 0 Å². The van der Waals surface area contributed by atoms with Crippen LogP contribution in [0.2, 0.25) is 0 Å². The van der Waals surface area contributed by atoms with Crippen molar-refractivity contribution in [2.24, 2.45) is 0 Å². The monoisotopic (exact) mass is 250 g/mol. The smallest absolute Gasteiger partial charge is 0.221 e. The third-order valence-corrected chi connectivity index (χ3v) is 2.51. The van der Waals surface area contributed by atoms with Crippen LogP contribution in [0.3, 0.4) is 0 Å². The molecule has 0 bridgehead atoms. The highest BCUT2D eigenvalue weighted by Crippen LogP contribution is 2.12. The van der Waals surface area contributed by atoms with E-state index < -0.39 is 0 Å². The van der Waals surface area contributed by atoms with Crippen molar-refractivity contribution in [3.8, 4) is 23.0 Å². The summed E-state index contributed by atoms with van der Waals surface area (Å²) in [6.07, 6.45) is 3.43. The molecule has 6 nitrogen and oxygen atoms in total. The minimum absolute atomic E-state index is 0.400. The van der Waals surface area contributed by atoms with Crippen LogP contribution in [0.4, 0.5) is 0 Å². The van der Waals surface area contributed by atoms with Gasteiger partial charge in [-0.25, -0.2) is 0 Å². The topological polar surface area (TPSA) is 77.3 Å². The Bertz CT molecular complexity index is 664. The maximum absolute atomic E-state index is 4.23. The van der Waals surface area contributed by atoms with Crippen molar-refractivity contribution in [3.63, 3.8) is 0 Å². The van der Waals surface area contributed by atoms with Crippen molar-refractivity contribution in [1.29, 1.82) is 0 Å². The zero-order valence-electron chi connectivity index (χ0n) is 10.2. The van der Waals surface area contributed by atoms with Gasteiger partial charge in [0.2, 0.25) is 11.6 Å². The average molecular weight is 250 g/mol. The van der Waals surface area contributed by atoms with Gasteiger partial charge in [-0.1, -0.05) is 12.1 Å². The summed E-state index contributed by atoms with van der Waals surface area (Å²) < 4.78 is 0. The van der Waals surface area contributed by atoms with Crippen molar-refractivity contribution in [2.75, 3.05) is 0 Å². The van der Waals surface area contributed by atoms with Crippen molar-refractivity contribution >= 4 is 0 Å². The molecule has 0 aromatic carbocycles. The summed E-state index contributed by atoms with van der Waals surface area (Å²) in [4.78, 5) is 8.37. The highest BCUT2D eigenvalue weighted by Gasteiger charge is 2.07. The minimum Gasteiger partial charge on any atom is -0.253 e. The van der Waals surface area contributed by atoms with Gasteiger partial charge in [0.25, 0.3) is 0 Å². The second-order valence-corrected chi connectivity index (χ2v) is 3.98. The van der Waals surface area contributed by atoms with E-state index in [2.05, 4.69) is 30.4 Å². The molecule has 0 aliphatic heterocycles. The van der Waals surface area contributed by atoms with E-state index in [0.717, 1.165) is 5.56 Å². The van der Waals surface area contributed by atoms with Gasteiger partial charge in [-0.3, -0.25) is 9.97 Å². The van der Waals surface area contributed by atoms with Gasteiger partial charge in [0, 0.05) is 12.4 Å². The first-order valence-corrected chi connectivity index (χ1v) is 5.75. The lowest BCUT2D eigenvalue weighted by molar-refractivity contribution is 0.865. The van der Waals surface area contributed by atoms with Gasteiger partial charge in [-0.15, -0.1) is 20.4 Å². The standard InChI is InChI=1S/C13H10N6/c1-9-5-6-11(15-8-9)13-18-16-12(17-19-13)10-4-2-3-7-14-10/h2-8H,1H3. The van der Waals surface area contributed by atoms with Crippen molar-refractivity contribution in [3.05, 3.63) is 48.3 Å². The molecule has 3 aromatic heterocycles. The van der Waals surface area contributed by atoms with Gasteiger partial charge in [-0.2, -0.15) is 0 Å². The van der Waals surface area contributed by atoms with Gasteiger partial charge in [0.05, 0.1) is 0 Å². The van der Waals surface area contributed by atoms with E-state index >= 15 is 0 Å². The van der Waals surface area contributed by atoms with E-state index in [4.69, 9.17) is 0 Å². The van der Waals surface area contributed by atoms with E-state index in [0.29, 0.717) is 23.0 Å². The van der Waals surface area contributed by atoms with Crippen LogP contribution in [0.15, 0.2) is 42.7 Å². The largest absolute Gasteiger partial charge is 0.253 e. The summed E-state index contributed by atoms with van der Waals surface area (Å²) in [5.41, 5.74) is 2.37. The fraction of sp³-hybridized carbons (Fsp3) is 0.0769. The van der Waals surface area contributed by atoms with E-state index in [1.54, 1.807) is 12.4 Å². The Labute approximate surface area is 109 Å². The third kappa shape index (κ3) is 2.42. The molecule has 0 saturated heterocycles. The Morgan fingerprint density at radius 2 is 1.42 bits per heavy atom. The molecular formula is C13H10N6. The van der Waals surface area contributed by atoms with Crippen LogP contribution in [0.5, 0.6) is 0 Å². The molecule has 0 aliphatic carbocycles. The highest BCUT2D eigenvalue weighted by molar-refractivity contribution is 5.50. The Balaban J connectivity index is 1.93. The normalized spacial score (nSPS) is 10.4. The van der Waals surface area contributed by atoms with Gasteiger partial charge in [0.1, 0.15) is 11.4 Å². The minimum atomic E-state index is 0.400. The number of rotatable bonds is 2. The molecule has 3 aromatic rings. The number of pyridine rings is 2. The molecule has 0 unspecified atom stereocenters. The molecule has 0 atom stereocenters. The number of aryl methyl sites for hydroxylation is 1. The van der Waals surface area contributed by atoms with Crippen molar-refractivity contribution in [1.82, 2.24) is 30.4 Å². The summed E-state index contributed by atoms with van der Waals surface area (Å²) in [7, 11) is 0. The lowest BCUT2D eigenvalue weighted by atomic mass is 10.3. The SMILES string of the molecule is Cc1ccc(-c2nnc(-c3ccccn3)nn2)nc1. The van der Waals surface area contributed by atoms with E-state index in [-0.39, 0.29) is 0 Å². The highest BCUT2D eigenvalue weighted by atomic mass is 15.3. The fourth-order valence-corrected chi connectivity index (χ4v) is 1.53. The molecule has 92 valence electrons. The van der Waals surface area contributed by atoms with E-state index in [1.807, 2.05) is 37.3 Å². The maximum atomic E-state index is 4.23. The van der Waals surface area contributed by atoms with Gasteiger partial charge >= 0.3 is 0 Å². The Hall–Kier alpha value is -2.76. The van der Waals surface area contributed by atoms with Crippen LogP contribution >= 0.6 is 0 Å². The molecule has 0 amide bonds. The summed E-state index contributed by atoms with van der Waals surface area (Å²) in [6, 6.07) is 9.28. The fourth-order valence-electron chi connectivity index (χ4n) is 1.53. The predicted molar refractivity (Wildman–Crippen MR) is 68.8 cm³/mol. The third-order valence-electron chi connectivity index (χ3n) is 2.51. The van der Waals surface area contributed by atoms with Gasteiger partial charge < -0.3 is 0 Å². The lowest BCUT2D eigenvalue weighted by Gasteiger charge is -1.99. The number of hydrogen-bond donors (Lipinski definition) is 0. The first-order valence-electron chi connectivity index (χ1n) is 5.75. The van der Waals surface area contributed by atoms with Crippen LogP contribution < -0.4 is 0 Å². The lowest BCUT2D eigenvalue weighted by Crippen LogP contribution is -2.01. The summed E-state index contributed by atoms with van der Waals surface area (Å²) in [5, 5.41) is 16.1. The molecule has 6 heteroatoms. The van der Waals surface area contributed by atoms with Crippen molar-refractivity contribution in [2.45, 2.75) is 6.92 Å². The summed E-state index contributed by atoms with van der Waals surface area (Å²) in [5.74, 6) is 0.802. The molecule has 19 heavy (non-hydrogen) atoms. The first-order chi connectivity index (χ1) is 9.33. The van der Waals surface area contributed by atoms with Crippen LogP contribution in [0.1, 0.15) is 5.56 Å². The molecule has 0 aliphatic rings. The number of aromatic nitrogens is 6. The van der Waals surface area contributed by atoms with Crippen molar-refractivity contribution < 1.29 is 0 Å². The molecule has 3 rings (SSSR count). The van der Waals surface area contributed by atoms with Crippen LogP contribution in [0.25, 0.3) is 23.0 Å². The second-order valence-electron chi connectivity index (χ2n) is 3.98. The van der Waals surface area contributed by atoms with Crippen LogP contribution in [-0.2, 0) is 0 Å². The summed E-state index contributed by atoms with van der Waals surface area (Å²) in [6.45, 7) is 1.97. The molecule has 0 radical (unpaired) electrons. The first kappa shape index (κ1) is 11.3. The van der Waals surface area contributed by atoms with Crippen LogP contribution in [0, 0.1) is 6.92 Å². The molecular weight excluding hydrogens is 240 g/mol. The predicted octanol–water partition coefficient (Wildman–Crippen LogP) is 1.70. The zero-order valence-corrected chi connectivity index (χ0v) is 10.2. The molecule has 0 N–H and O–H groups in total. The average Bonchev–Trinajstić information content (AvgIpc) is 2.49. The Morgan fingerprint density at radius 1 is 0.737 bits per heavy atom. The van der Waals surface area contributed by atoms with Gasteiger partial charge in [0.15, 0.2) is 0 Å². The summed E-state index contributed by atoms with van der Waals surface area (Å²) >= 11 is 0. The molecule has 0 fully saturated rings. The zero-order chi connectivity index (χ0) is 13.1. The maximum Gasteiger partial charge on any atom is 0.221 e. The van der Waals surface area contributed by atoms with Gasteiger partial charge in [-0.05, 0) is 30.7 Å². The quantitative estimate of drug-likeness (QED) is 0.688.